The number of aromatic hydroxyl groups is 1. The van der Waals surface area contributed by atoms with Crippen molar-refractivity contribution < 1.29 is 19.4 Å². The Morgan fingerprint density at radius 3 is 2.53 bits per heavy atom. The van der Waals surface area contributed by atoms with E-state index in [-0.39, 0.29) is 11.5 Å². The van der Waals surface area contributed by atoms with Crippen LogP contribution in [0.3, 0.4) is 0 Å². The Balaban J connectivity index is 1.68. The predicted molar refractivity (Wildman–Crippen MR) is 114 cm³/mol. The highest BCUT2D eigenvalue weighted by atomic mass is 16.5. The van der Waals surface area contributed by atoms with Crippen LogP contribution in [0.25, 0.3) is 0 Å². The first-order chi connectivity index (χ1) is 14.6. The van der Waals surface area contributed by atoms with E-state index in [0.717, 1.165) is 6.42 Å². The molecule has 0 aliphatic carbocycles. The van der Waals surface area contributed by atoms with Crippen molar-refractivity contribution in [3.8, 4) is 23.3 Å². The van der Waals surface area contributed by atoms with E-state index in [1.54, 1.807) is 60.7 Å². The quantitative estimate of drug-likeness (QED) is 0.341. The summed E-state index contributed by atoms with van der Waals surface area (Å²) in [5, 5.41) is 19.3. The van der Waals surface area contributed by atoms with E-state index in [9.17, 15) is 9.90 Å². The molecule has 150 valence electrons. The van der Waals surface area contributed by atoms with Gasteiger partial charge in [-0.15, -0.1) is 0 Å². The van der Waals surface area contributed by atoms with Crippen LogP contribution in [0, 0.1) is 11.3 Å². The minimum absolute atomic E-state index is 0.0956. The summed E-state index contributed by atoms with van der Waals surface area (Å²) in [4.78, 5) is 16.6. The van der Waals surface area contributed by atoms with Gasteiger partial charge in [-0.1, -0.05) is 19.1 Å². The minimum Gasteiger partial charge on any atom is -0.507 e. The smallest absolute Gasteiger partial charge is 0.343 e. The number of benzene rings is 3. The monoisotopic (exact) mass is 400 g/mol. The number of carbonyl (C=O) groups is 1. The van der Waals surface area contributed by atoms with Gasteiger partial charge >= 0.3 is 5.97 Å². The van der Waals surface area contributed by atoms with Gasteiger partial charge in [0.25, 0.3) is 0 Å². The van der Waals surface area contributed by atoms with Gasteiger partial charge in [-0.05, 0) is 55.0 Å². The van der Waals surface area contributed by atoms with Gasteiger partial charge in [0, 0.05) is 17.8 Å². The zero-order chi connectivity index (χ0) is 21.3. The molecule has 6 nitrogen and oxygen atoms in total. The molecule has 0 amide bonds. The number of esters is 1. The number of hydrogen-bond acceptors (Lipinski definition) is 6. The molecule has 0 unspecified atom stereocenters. The molecule has 0 saturated carbocycles. The van der Waals surface area contributed by atoms with Crippen LogP contribution in [0.15, 0.2) is 71.7 Å². The normalized spacial score (nSPS) is 10.5. The number of phenols is 1. The topological polar surface area (TPSA) is 91.9 Å². The van der Waals surface area contributed by atoms with Gasteiger partial charge in [0.2, 0.25) is 0 Å². The van der Waals surface area contributed by atoms with Crippen LogP contribution in [0.1, 0.15) is 34.8 Å². The molecule has 0 aliphatic heterocycles. The van der Waals surface area contributed by atoms with Crippen molar-refractivity contribution in [3.63, 3.8) is 0 Å². The van der Waals surface area contributed by atoms with Gasteiger partial charge in [-0.25, -0.2) is 4.79 Å². The van der Waals surface area contributed by atoms with Gasteiger partial charge in [-0.2, -0.15) is 5.26 Å². The van der Waals surface area contributed by atoms with Crippen LogP contribution in [0.2, 0.25) is 0 Å². The van der Waals surface area contributed by atoms with Gasteiger partial charge in [0.05, 0.1) is 23.4 Å². The second-order valence-electron chi connectivity index (χ2n) is 6.37. The molecule has 30 heavy (non-hydrogen) atoms. The SMILES string of the molecule is CCCOc1ccc(C(=O)Oc2ccc(C=Nc3ccccc3C#N)c(O)c2)cc1. The first-order valence-corrected chi connectivity index (χ1v) is 9.42. The standard InChI is InChI=1S/C24H20N2O4/c1-2-13-29-20-10-7-17(8-11-20)24(28)30-21-12-9-19(23(27)14-21)16-26-22-6-4-3-5-18(22)15-25/h3-12,14,16,27H,2,13H2,1H3. The molecule has 3 rings (SSSR count). The lowest BCUT2D eigenvalue weighted by Crippen LogP contribution is -2.08. The van der Waals surface area contributed by atoms with Crippen LogP contribution in [-0.4, -0.2) is 23.9 Å². The summed E-state index contributed by atoms with van der Waals surface area (Å²) in [6.07, 6.45) is 2.35. The molecular formula is C24H20N2O4. The van der Waals surface area contributed by atoms with Crippen LogP contribution in [0.4, 0.5) is 5.69 Å². The summed E-state index contributed by atoms with van der Waals surface area (Å²) < 4.78 is 10.8. The Bertz CT molecular complexity index is 1100. The van der Waals surface area contributed by atoms with Gasteiger partial charge in [0.1, 0.15) is 23.3 Å². The van der Waals surface area contributed by atoms with Crippen molar-refractivity contribution in [1.82, 2.24) is 0 Å². The van der Waals surface area contributed by atoms with Crippen LogP contribution >= 0.6 is 0 Å². The molecule has 1 N–H and O–H groups in total. The summed E-state index contributed by atoms with van der Waals surface area (Å²) in [5.74, 6) is 0.258. The number of nitriles is 1. The number of ether oxygens (including phenoxy) is 2. The fourth-order valence-corrected chi connectivity index (χ4v) is 2.59. The van der Waals surface area contributed by atoms with E-state index in [0.29, 0.717) is 34.7 Å². The fraction of sp³-hybridized carbons (Fsp3) is 0.125. The van der Waals surface area contributed by atoms with Gasteiger partial charge < -0.3 is 14.6 Å². The molecular weight excluding hydrogens is 380 g/mol. The predicted octanol–water partition coefficient (Wildman–Crippen LogP) is 5.02. The second kappa shape index (κ2) is 9.89. The number of nitrogens with zero attached hydrogens (tertiary/aromatic N) is 2. The number of rotatable bonds is 7. The van der Waals surface area contributed by atoms with E-state index in [1.807, 2.05) is 6.92 Å². The first kappa shape index (κ1) is 20.6. The van der Waals surface area contributed by atoms with Gasteiger partial charge in [0.15, 0.2) is 0 Å². The maximum absolute atomic E-state index is 12.3. The van der Waals surface area contributed by atoms with Gasteiger partial charge in [-0.3, -0.25) is 4.99 Å². The van der Waals surface area contributed by atoms with Crippen LogP contribution < -0.4 is 9.47 Å². The minimum atomic E-state index is -0.541. The molecule has 0 atom stereocenters. The highest BCUT2D eigenvalue weighted by Crippen LogP contribution is 2.25. The highest BCUT2D eigenvalue weighted by molar-refractivity contribution is 5.91. The van der Waals surface area contributed by atoms with Crippen molar-refractivity contribution in [2.24, 2.45) is 4.99 Å². The number of hydrogen-bond donors (Lipinski definition) is 1. The van der Waals surface area contributed by atoms with Crippen LogP contribution in [-0.2, 0) is 0 Å². The molecule has 0 bridgehead atoms. The third kappa shape index (κ3) is 5.24. The number of carbonyl (C=O) groups excluding carboxylic acids is 1. The summed E-state index contributed by atoms with van der Waals surface area (Å²) >= 11 is 0. The lowest BCUT2D eigenvalue weighted by atomic mass is 10.2. The summed E-state index contributed by atoms with van der Waals surface area (Å²) in [6.45, 7) is 2.63. The third-order valence-electron chi connectivity index (χ3n) is 4.14. The Kier molecular flexibility index (Phi) is 6.80. The Labute approximate surface area is 174 Å². The van der Waals surface area contributed by atoms with Crippen LogP contribution in [0.5, 0.6) is 17.2 Å². The Morgan fingerprint density at radius 1 is 1.10 bits per heavy atom. The highest BCUT2D eigenvalue weighted by Gasteiger charge is 2.10. The van der Waals surface area contributed by atoms with Crippen molar-refractivity contribution in [1.29, 1.82) is 5.26 Å². The zero-order valence-corrected chi connectivity index (χ0v) is 16.4. The largest absolute Gasteiger partial charge is 0.507 e. The van der Waals surface area contributed by atoms with Crippen molar-refractivity contribution in [3.05, 3.63) is 83.4 Å². The number of para-hydroxylation sites is 1. The average Bonchev–Trinajstić information content (AvgIpc) is 2.77. The summed E-state index contributed by atoms with van der Waals surface area (Å²) in [6, 6.07) is 20.1. The number of phenolic OH excluding ortho intramolecular Hbond substituents is 1. The van der Waals surface area contributed by atoms with Crippen molar-refractivity contribution >= 4 is 17.9 Å². The first-order valence-electron chi connectivity index (χ1n) is 9.42. The lowest BCUT2D eigenvalue weighted by molar-refractivity contribution is 0.0734. The molecule has 3 aromatic carbocycles. The summed E-state index contributed by atoms with van der Waals surface area (Å²) in [7, 11) is 0. The fourth-order valence-electron chi connectivity index (χ4n) is 2.59. The third-order valence-corrected chi connectivity index (χ3v) is 4.14. The lowest BCUT2D eigenvalue weighted by Gasteiger charge is -2.08. The molecule has 0 aromatic heterocycles. The number of aliphatic imine (C=N–C) groups is 1. The van der Waals surface area contributed by atoms with E-state index in [2.05, 4.69) is 11.1 Å². The zero-order valence-electron chi connectivity index (χ0n) is 16.4. The Morgan fingerprint density at radius 2 is 1.83 bits per heavy atom. The molecule has 0 radical (unpaired) electrons. The molecule has 3 aromatic rings. The summed E-state index contributed by atoms with van der Waals surface area (Å²) in [5.41, 5.74) is 1.74. The molecule has 0 spiro atoms. The molecule has 0 fully saturated rings. The van der Waals surface area contributed by atoms with Crippen molar-refractivity contribution in [2.75, 3.05) is 6.61 Å². The van der Waals surface area contributed by atoms with E-state index in [4.69, 9.17) is 14.7 Å². The second-order valence-corrected chi connectivity index (χ2v) is 6.37. The average molecular weight is 400 g/mol. The maximum atomic E-state index is 12.3. The van der Waals surface area contributed by atoms with Crippen molar-refractivity contribution in [2.45, 2.75) is 13.3 Å². The maximum Gasteiger partial charge on any atom is 0.343 e. The Hall–Kier alpha value is -4.11. The molecule has 0 aliphatic rings. The molecule has 0 heterocycles. The van der Waals surface area contributed by atoms with E-state index >= 15 is 0 Å². The molecule has 0 saturated heterocycles. The van der Waals surface area contributed by atoms with E-state index in [1.165, 1.54) is 12.3 Å². The molecule has 6 heteroatoms. The van der Waals surface area contributed by atoms with E-state index < -0.39 is 5.97 Å².